The lowest BCUT2D eigenvalue weighted by atomic mass is 9.81. The van der Waals surface area contributed by atoms with Crippen LogP contribution in [0.4, 0.5) is 17.1 Å². The van der Waals surface area contributed by atoms with E-state index in [1.165, 1.54) is 61.0 Å². The number of rotatable bonds is 5. The first-order chi connectivity index (χ1) is 21.6. The Morgan fingerprint density at radius 3 is 1.66 bits per heavy atom. The fourth-order valence-corrected chi connectivity index (χ4v) is 7.10. The second kappa shape index (κ2) is 10.4. The minimum absolute atomic E-state index is 0.0991. The summed E-state index contributed by atoms with van der Waals surface area (Å²) < 4.78 is 0. The van der Waals surface area contributed by atoms with Crippen molar-refractivity contribution < 1.29 is 0 Å². The van der Waals surface area contributed by atoms with Crippen LogP contribution in [0.5, 0.6) is 0 Å². The van der Waals surface area contributed by atoms with Gasteiger partial charge in [-0.25, -0.2) is 0 Å². The minimum Gasteiger partial charge on any atom is -0.309 e. The van der Waals surface area contributed by atoms with Crippen LogP contribution in [0, 0.1) is 0 Å². The standard InChI is InChI=1S/C43H33N/c1-43(2)39-24-14-13-23-38(39)41-40(43)29-32-17-9-10-22-37(32)42(41)44(33-18-7-4-8-19-33)34-27-25-31(26-28-34)36-21-12-11-20-35(36)30-15-5-3-6-16-30/h3-29H,1-2H3. The van der Waals surface area contributed by atoms with Gasteiger partial charge in [-0.2, -0.15) is 0 Å². The molecule has 0 radical (unpaired) electrons. The third-order valence-electron chi connectivity index (χ3n) is 9.25. The van der Waals surface area contributed by atoms with E-state index in [0.717, 1.165) is 11.4 Å². The SMILES string of the molecule is CC1(C)c2ccccc2-c2c1cc1ccccc1c2N(c1ccccc1)c1ccc(-c2ccccc2-c2ccccc2)cc1. The van der Waals surface area contributed by atoms with Crippen LogP contribution in [0.15, 0.2) is 164 Å². The average molecular weight is 564 g/mol. The predicted molar refractivity (Wildman–Crippen MR) is 187 cm³/mol. The Morgan fingerprint density at radius 1 is 0.432 bits per heavy atom. The van der Waals surface area contributed by atoms with Crippen molar-refractivity contribution in [3.05, 3.63) is 175 Å². The second-order valence-corrected chi connectivity index (χ2v) is 12.2. The van der Waals surface area contributed by atoms with Crippen LogP contribution in [0.25, 0.3) is 44.2 Å². The van der Waals surface area contributed by atoms with Crippen LogP contribution >= 0.6 is 0 Å². The molecule has 0 spiro atoms. The van der Waals surface area contributed by atoms with Gasteiger partial charge in [0.25, 0.3) is 0 Å². The molecule has 0 saturated carbocycles. The number of nitrogens with zero attached hydrogens (tertiary/aromatic N) is 1. The Hall–Kier alpha value is -5.40. The first kappa shape index (κ1) is 26.2. The summed E-state index contributed by atoms with van der Waals surface area (Å²) in [5.74, 6) is 0. The molecule has 7 aromatic rings. The quantitative estimate of drug-likeness (QED) is 0.201. The van der Waals surface area contributed by atoms with Gasteiger partial charge in [-0.15, -0.1) is 0 Å². The molecule has 0 heterocycles. The van der Waals surface area contributed by atoms with Gasteiger partial charge in [-0.1, -0.05) is 147 Å². The van der Waals surface area contributed by atoms with Gasteiger partial charge in [0.05, 0.1) is 5.69 Å². The zero-order valence-electron chi connectivity index (χ0n) is 25.0. The van der Waals surface area contributed by atoms with Gasteiger partial charge >= 0.3 is 0 Å². The maximum atomic E-state index is 2.46. The molecule has 0 saturated heterocycles. The molecule has 8 rings (SSSR count). The largest absolute Gasteiger partial charge is 0.309 e. The highest BCUT2D eigenvalue weighted by molar-refractivity contribution is 6.09. The van der Waals surface area contributed by atoms with Crippen molar-refractivity contribution in [3.8, 4) is 33.4 Å². The van der Waals surface area contributed by atoms with Crippen molar-refractivity contribution in [3.63, 3.8) is 0 Å². The smallest absolute Gasteiger partial charge is 0.0621 e. The molecule has 1 nitrogen and oxygen atoms in total. The average Bonchev–Trinajstić information content (AvgIpc) is 3.31. The third-order valence-corrected chi connectivity index (χ3v) is 9.25. The van der Waals surface area contributed by atoms with E-state index in [1.54, 1.807) is 0 Å². The first-order valence-corrected chi connectivity index (χ1v) is 15.4. The number of benzene rings is 7. The van der Waals surface area contributed by atoms with Gasteiger partial charge in [0, 0.05) is 27.7 Å². The van der Waals surface area contributed by atoms with Gasteiger partial charge < -0.3 is 4.90 Å². The van der Waals surface area contributed by atoms with Crippen molar-refractivity contribution >= 4 is 27.8 Å². The Bertz CT molecular complexity index is 2120. The fraction of sp³-hybridized carbons (Fsp3) is 0.0698. The molecule has 1 heteroatoms. The van der Waals surface area contributed by atoms with Crippen LogP contribution in [-0.2, 0) is 5.41 Å². The van der Waals surface area contributed by atoms with E-state index in [-0.39, 0.29) is 5.41 Å². The Labute approximate surface area is 259 Å². The van der Waals surface area contributed by atoms with E-state index in [4.69, 9.17) is 0 Å². The molecule has 0 atom stereocenters. The van der Waals surface area contributed by atoms with E-state index in [1.807, 2.05) is 0 Å². The number of hydrogen-bond donors (Lipinski definition) is 0. The fourth-order valence-electron chi connectivity index (χ4n) is 7.10. The van der Waals surface area contributed by atoms with E-state index in [9.17, 15) is 0 Å². The van der Waals surface area contributed by atoms with Gasteiger partial charge in [0.1, 0.15) is 0 Å². The molecule has 0 aliphatic heterocycles. The molecule has 210 valence electrons. The van der Waals surface area contributed by atoms with Crippen LogP contribution in [0.3, 0.4) is 0 Å². The lowest BCUT2D eigenvalue weighted by Crippen LogP contribution is -2.16. The summed E-state index contributed by atoms with van der Waals surface area (Å²) in [5.41, 5.74) is 13.7. The minimum atomic E-state index is -0.0991. The topological polar surface area (TPSA) is 3.24 Å². The predicted octanol–water partition coefficient (Wildman–Crippen LogP) is 11.9. The number of hydrogen-bond acceptors (Lipinski definition) is 1. The lowest BCUT2D eigenvalue weighted by molar-refractivity contribution is 0.661. The van der Waals surface area contributed by atoms with Gasteiger partial charge in [0.15, 0.2) is 0 Å². The normalized spacial score (nSPS) is 13.0. The van der Waals surface area contributed by atoms with Crippen LogP contribution < -0.4 is 4.90 Å². The molecule has 0 amide bonds. The second-order valence-electron chi connectivity index (χ2n) is 12.2. The first-order valence-electron chi connectivity index (χ1n) is 15.4. The highest BCUT2D eigenvalue weighted by Crippen LogP contribution is 2.56. The Balaban J connectivity index is 1.36. The molecular weight excluding hydrogens is 530 g/mol. The van der Waals surface area contributed by atoms with Crippen LogP contribution in [-0.4, -0.2) is 0 Å². The molecule has 0 bridgehead atoms. The summed E-state index contributed by atoms with van der Waals surface area (Å²) in [4.78, 5) is 2.46. The highest BCUT2D eigenvalue weighted by atomic mass is 15.1. The van der Waals surface area contributed by atoms with E-state index in [0.29, 0.717) is 0 Å². The maximum absolute atomic E-state index is 2.46. The third kappa shape index (κ3) is 4.16. The molecule has 7 aromatic carbocycles. The monoisotopic (exact) mass is 563 g/mol. The lowest BCUT2D eigenvalue weighted by Gasteiger charge is -2.30. The summed E-state index contributed by atoms with van der Waals surface area (Å²) in [5, 5.41) is 2.51. The maximum Gasteiger partial charge on any atom is 0.0621 e. The number of para-hydroxylation sites is 1. The summed E-state index contributed by atoms with van der Waals surface area (Å²) >= 11 is 0. The molecule has 1 aliphatic carbocycles. The molecule has 0 N–H and O–H groups in total. The zero-order chi connectivity index (χ0) is 29.7. The van der Waals surface area contributed by atoms with Crippen molar-refractivity contribution in [2.75, 3.05) is 4.90 Å². The molecule has 0 unspecified atom stereocenters. The van der Waals surface area contributed by atoms with Crippen molar-refractivity contribution in [1.82, 2.24) is 0 Å². The van der Waals surface area contributed by atoms with Crippen LogP contribution in [0.1, 0.15) is 25.0 Å². The summed E-state index contributed by atoms with van der Waals surface area (Å²) in [6.45, 7) is 4.73. The summed E-state index contributed by atoms with van der Waals surface area (Å²) in [6, 6.07) is 59.5. The molecule has 44 heavy (non-hydrogen) atoms. The molecule has 0 fully saturated rings. The van der Waals surface area contributed by atoms with E-state index >= 15 is 0 Å². The zero-order valence-corrected chi connectivity index (χ0v) is 25.0. The van der Waals surface area contributed by atoms with Crippen molar-refractivity contribution in [2.24, 2.45) is 0 Å². The van der Waals surface area contributed by atoms with Crippen LogP contribution in [0.2, 0.25) is 0 Å². The van der Waals surface area contributed by atoms with E-state index in [2.05, 4.69) is 183 Å². The van der Waals surface area contributed by atoms with E-state index < -0.39 is 0 Å². The number of fused-ring (bicyclic) bond motifs is 4. The number of anilines is 3. The molecule has 0 aromatic heterocycles. The van der Waals surface area contributed by atoms with Gasteiger partial charge in [-0.05, 0) is 74.7 Å². The Morgan fingerprint density at radius 2 is 0.955 bits per heavy atom. The highest BCUT2D eigenvalue weighted by Gasteiger charge is 2.38. The van der Waals surface area contributed by atoms with Gasteiger partial charge in [0.2, 0.25) is 0 Å². The van der Waals surface area contributed by atoms with Crippen molar-refractivity contribution in [2.45, 2.75) is 19.3 Å². The van der Waals surface area contributed by atoms with Gasteiger partial charge in [-0.3, -0.25) is 0 Å². The summed E-state index contributed by atoms with van der Waals surface area (Å²) in [6.07, 6.45) is 0. The summed E-state index contributed by atoms with van der Waals surface area (Å²) in [7, 11) is 0. The molecular formula is C43H33N. The molecule has 1 aliphatic rings. The Kier molecular flexibility index (Phi) is 6.20. The van der Waals surface area contributed by atoms with Crippen molar-refractivity contribution in [1.29, 1.82) is 0 Å².